The maximum atomic E-state index is 12.0. The van der Waals surface area contributed by atoms with Crippen LogP contribution in [0.3, 0.4) is 0 Å². The molecule has 1 aromatic heterocycles. The van der Waals surface area contributed by atoms with Gasteiger partial charge in [-0.1, -0.05) is 36.8 Å². The van der Waals surface area contributed by atoms with Gasteiger partial charge in [0, 0.05) is 12.7 Å². The van der Waals surface area contributed by atoms with Gasteiger partial charge in [-0.25, -0.2) is 0 Å². The minimum atomic E-state index is -0.0174. The summed E-state index contributed by atoms with van der Waals surface area (Å²) in [5.41, 5.74) is 1.82. The number of hydrogen-bond donors (Lipinski definition) is 1. The fraction of sp³-hybridized carbons (Fsp3) is 0.375. The first-order valence-corrected chi connectivity index (χ1v) is 7.16. The average Bonchev–Trinajstić information content (AvgIpc) is 2.86. The lowest BCUT2D eigenvalue weighted by Crippen LogP contribution is -2.31. The smallest absolute Gasteiger partial charge is 0.254 e. The van der Waals surface area contributed by atoms with Gasteiger partial charge in [-0.15, -0.1) is 0 Å². The monoisotopic (exact) mass is 269 g/mol. The van der Waals surface area contributed by atoms with E-state index in [-0.39, 0.29) is 5.91 Å². The molecule has 0 aliphatic heterocycles. The Morgan fingerprint density at radius 2 is 2.10 bits per heavy atom. The number of aromatic nitrogens is 2. The molecule has 104 valence electrons. The topological polar surface area (TPSA) is 46.9 Å². The molecule has 0 spiro atoms. The second kappa shape index (κ2) is 5.90. The number of rotatable bonds is 5. The second-order valence-corrected chi connectivity index (χ2v) is 5.42. The lowest BCUT2D eigenvalue weighted by molar-refractivity contribution is 0.0939. The Labute approximate surface area is 118 Å². The largest absolute Gasteiger partial charge is 0.352 e. The fourth-order valence-corrected chi connectivity index (χ4v) is 2.37. The van der Waals surface area contributed by atoms with E-state index in [1.807, 2.05) is 24.4 Å². The van der Waals surface area contributed by atoms with E-state index in [2.05, 4.69) is 22.5 Å². The van der Waals surface area contributed by atoms with Gasteiger partial charge in [-0.05, 0) is 24.3 Å². The predicted octanol–water partition coefficient (Wildman–Crippen LogP) is 2.46. The van der Waals surface area contributed by atoms with Gasteiger partial charge in [0.2, 0.25) is 0 Å². The Morgan fingerprint density at radius 1 is 1.30 bits per heavy atom. The van der Waals surface area contributed by atoms with E-state index in [9.17, 15) is 4.79 Å². The maximum absolute atomic E-state index is 12.0. The summed E-state index contributed by atoms with van der Waals surface area (Å²) in [6.07, 6.45) is 7.23. The molecular weight excluding hydrogens is 250 g/mol. The summed E-state index contributed by atoms with van der Waals surface area (Å²) in [6, 6.07) is 10.1. The Hall–Kier alpha value is -2.10. The fourth-order valence-electron chi connectivity index (χ4n) is 2.37. The lowest BCUT2D eigenvalue weighted by atomic mass is 9.85. The van der Waals surface area contributed by atoms with Crippen molar-refractivity contribution in [3.8, 4) is 0 Å². The lowest BCUT2D eigenvalue weighted by Gasteiger charge is -2.25. The molecule has 1 aliphatic rings. The first-order valence-electron chi connectivity index (χ1n) is 7.16. The number of carbonyl (C=O) groups is 1. The van der Waals surface area contributed by atoms with Crippen molar-refractivity contribution in [2.24, 2.45) is 5.92 Å². The molecule has 4 heteroatoms. The standard InChI is InChI=1S/C16H19N3O/c20-16(17-9-13-7-4-8-13)15-10-18-19(12-15)11-14-5-2-1-3-6-14/h1-3,5-6,10,12-13H,4,7-9,11H2,(H,17,20). The number of hydrogen-bond acceptors (Lipinski definition) is 2. The second-order valence-electron chi connectivity index (χ2n) is 5.42. The Bertz CT molecular complexity index is 572. The van der Waals surface area contributed by atoms with Crippen LogP contribution >= 0.6 is 0 Å². The molecular formula is C16H19N3O. The van der Waals surface area contributed by atoms with Crippen molar-refractivity contribution in [1.82, 2.24) is 15.1 Å². The predicted molar refractivity (Wildman–Crippen MR) is 77.4 cm³/mol. The Balaban J connectivity index is 1.56. The van der Waals surface area contributed by atoms with Gasteiger partial charge in [0.1, 0.15) is 0 Å². The number of nitrogens with one attached hydrogen (secondary N) is 1. The normalized spacial score (nSPS) is 14.8. The molecule has 20 heavy (non-hydrogen) atoms. The van der Waals surface area contributed by atoms with Crippen LogP contribution in [0.4, 0.5) is 0 Å². The highest BCUT2D eigenvalue weighted by molar-refractivity contribution is 5.93. The molecule has 0 atom stereocenters. The molecule has 1 fully saturated rings. The van der Waals surface area contributed by atoms with Crippen LogP contribution in [0, 0.1) is 5.92 Å². The SMILES string of the molecule is O=C(NCC1CCC1)c1cnn(Cc2ccccc2)c1. The molecule has 1 aromatic carbocycles. The number of nitrogens with zero attached hydrogens (tertiary/aromatic N) is 2. The summed E-state index contributed by atoms with van der Waals surface area (Å²) in [7, 11) is 0. The van der Waals surface area contributed by atoms with Gasteiger partial charge in [0.25, 0.3) is 5.91 Å². The van der Waals surface area contributed by atoms with Crippen LogP contribution in [0.5, 0.6) is 0 Å². The van der Waals surface area contributed by atoms with Crippen LogP contribution in [-0.4, -0.2) is 22.2 Å². The third kappa shape index (κ3) is 3.07. The van der Waals surface area contributed by atoms with Gasteiger partial charge in [-0.3, -0.25) is 9.48 Å². The van der Waals surface area contributed by atoms with Crippen molar-refractivity contribution < 1.29 is 4.79 Å². The zero-order valence-corrected chi connectivity index (χ0v) is 11.5. The van der Waals surface area contributed by atoms with Gasteiger partial charge in [-0.2, -0.15) is 5.10 Å². The molecule has 1 heterocycles. The molecule has 4 nitrogen and oxygen atoms in total. The zero-order valence-electron chi connectivity index (χ0n) is 11.5. The zero-order chi connectivity index (χ0) is 13.8. The van der Waals surface area contributed by atoms with Crippen molar-refractivity contribution in [2.45, 2.75) is 25.8 Å². The molecule has 1 saturated carbocycles. The highest BCUT2D eigenvalue weighted by Gasteiger charge is 2.18. The molecule has 0 bridgehead atoms. The first-order chi connectivity index (χ1) is 9.81. The van der Waals surface area contributed by atoms with E-state index in [4.69, 9.17) is 0 Å². The van der Waals surface area contributed by atoms with Gasteiger partial charge in [0.15, 0.2) is 0 Å². The van der Waals surface area contributed by atoms with Crippen LogP contribution in [0.1, 0.15) is 35.2 Å². The highest BCUT2D eigenvalue weighted by atomic mass is 16.1. The molecule has 0 radical (unpaired) electrons. The van der Waals surface area contributed by atoms with Crippen molar-refractivity contribution in [2.75, 3.05) is 6.54 Å². The number of amides is 1. The molecule has 3 rings (SSSR count). The highest BCUT2D eigenvalue weighted by Crippen LogP contribution is 2.25. The van der Waals surface area contributed by atoms with Gasteiger partial charge >= 0.3 is 0 Å². The van der Waals surface area contributed by atoms with Crippen LogP contribution in [0.25, 0.3) is 0 Å². The van der Waals surface area contributed by atoms with E-state index in [0.717, 1.165) is 6.54 Å². The van der Waals surface area contributed by atoms with E-state index >= 15 is 0 Å². The summed E-state index contributed by atoms with van der Waals surface area (Å²) >= 11 is 0. The third-order valence-electron chi connectivity index (χ3n) is 3.86. The molecule has 1 amide bonds. The van der Waals surface area contributed by atoms with E-state index in [1.54, 1.807) is 10.9 Å². The quantitative estimate of drug-likeness (QED) is 0.906. The minimum absolute atomic E-state index is 0.0174. The Morgan fingerprint density at radius 3 is 2.80 bits per heavy atom. The molecule has 1 aliphatic carbocycles. The number of benzene rings is 1. The third-order valence-corrected chi connectivity index (χ3v) is 3.86. The summed E-state index contributed by atoms with van der Waals surface area (Å²) < 4.78 is 1.80. The summed E-state index contributed by atoms with van der Waals surface area (Å²) in [4.78, 5) is 12.0. The van der Waals surface area contributed by atoms with Gasteiger partial charge in [0.05, 0.1) is 18.3 Å². The summed E-state index contributed by atoms with van der Waals surface area (Å²) in [5.74, 6) is 0.662. The summed E-state index contributed by atoms with van der Waals surface area (Å²) in [5, 5.41) is 7.24. The van der Waals surface area contributed by atoms with Gasteiger partial charge < -0.3 is 5.32 Å². The first kappa shape index (κ1) is 12.9. The molecule has 2 aromatic rings. The van der Waals surface area contributed by atoms with Crippen LogP contribution in [-0.2, 0) is 6.54 Å². The van der Waals surface area contributed by atoms with Crippen molar-refractivity contribution >= 4 is 5.91 Å². The molecule has 0 saturated heterocycles. The maximum Gasteiger partial charge on any atom is 0.254 e. The van der Waals surface area contributed by atoms with Crippen molar-refractivity contribution in [3.63, 3.8) is 0 Å². The van der Waals surface area contributed by atoms with Crippen LogP contribution in [0.2, 0.25) is 0 Å². The molecule has 1 N–H and O–H groups in total. The van der Waals surface area contributed by atoms with E-state index < -0.39 is 0 Å². The minimum Gasteiger partial charge on any atom is -0.352 e. The van der Waals surface area contributed by atoms with Crippen molar-refractivity contribution in [3.05, 3.63) is 53.9 Å². The van der Waals surface area contributed by atoms with Crippen LogP contribution in [0.15, 0.2) is 42.7 Å². The number of carbonyl (C=O) groups excluding carboxylic acids is 1. The van der Waals surface area contributed by atoms with Crippen LogP contribution < -0.4 is 5.32 Å². The van der Waals surface area contributed by atoms with Crippen molar-refractivity contribution in [1.29, 1.82) is 0 Å². The average molecular weight is 269 g/mol. The molecule has 0 unspecified atom stereocenters. The summed E-state index contributed by atoms with van der Waals surface area (Å²) in [6.45, 7) is 1.49. The Kier molecular flexibility index (Phi) is 3.81. The van der Waals surface area contributed by atoms with E-state index in [1.165, 1.54) is 24.8 Å². The van der Waals surface area contributed by atoms with E-state index in [0.29, 0.717) is 18.0 Å².